The molecular formula is C23H40O5. The largest absolute Gasteiger partial charge is 0.462 e. The van der Waals surface area contributed by atoms with E-state index in [1.807, 2.05) is 0 Å². The first-order chi connectivity index (χ1) is 13.6. The Morgan fingerprint density at radius 3 is 2.14 bits per heavy atom. The maximum atomic E-state index is 11.8. The van der Waals surface area contributed by atoms with E-state index in [9.17, 15) is 14.7 Å². The highest BCUT2D eigenvalue weighted by atomic mass is 16.6. The van der Waals surface area contributed by atoms with Crippen LogP contribution in [0.5, 0.6) is 0 Å². The molecule has 5 heteroatoms. The lowest BCUT2D eigenvalue weighted by Gasteiger charge is -2.15. The summed E-state index contributed by atoms with van der Waals surface area (Å²) in [4.78, 5) is 22.8. The molecule has 0 saturated heterocycles. The van der Waals surface area contributed by atoms with Gasteiger partial charge in [-0.05, 0) is 32.1 Å². The van der Waals surface area contributed by atoms with E-state index in [-0.39, 0.29) is 31.6 Å². The number of rotatable bonds is 18. The van der Waals surface area contributed by atoms with Gasteiger partial charge < -0.3 is 14.6 Å². The van der Waals surface area contributed by atoms with Gasteiger partial charge in [0, 0.05) is 12.8 Å². The molecule has 0 aromatic heterocycles. The number of unbranched alkanes of at least 4 members (excludes halogenated alkanes) is 7. The minimum absolute atomic E-state index is 0.0863. The highest BCUT2D eigenvalue weighted by Crippen LogP contribution is 2.09. The molecule has 0 rings (SSSR count). The lowest BCUT2D eigenvalue weighted by Crippen LogP contribution is -2.28. The Morgan fingerprint density at radius 1 is 0.857 bits per heavy atom. The molecule has 0 saturated carbocycles. The van der Waals surface area contributed by atoms with E-state index >= 15 is 0 Å². The molecule has 0 amide bonds. The predicted octanol–water partition coefficient (Wildman–Crippen LogP) is 5.27. The standard InChI is InChI=1S/C23H40O5/c1-3-5-6-7-8-9-10-11-12-13-14-15-16-17-18-23(26)28-21(19-24)20-27-22(25)4-2/h7-8,10-11,21,24H,3-6,9,12-20H2,1-2H3/b8-7-,11-10-. The number of hydrogen-bond donors (Lipinski definition) is 1. The molecule has 0 fully saturated rings. The van der Waals surface area contributed by atoms with Crippen molar-refractivity contribution in [1.82, 2.24) is 0 Å². The molecule has 0 aromatic rings. The summed E-state index contributed by atoms with van der Waals surface area (Å²) in [5.74, 6) is -0.714. The predicted molar refractivity (Wildman–Crippen MR) is 113 cm³/mol. The zero-order chi connectivity index (χ0) is 20.9. The summed E-state index contributed by atoms with van der Waals surface area (Å²) in [6, 6.07) is 0. The van der Waals surface area contributed by atoms with Crippen molar-refractivity contribution in [2.45, 2.75) is 97.0 Å². The third kappa shape index (κ3) is 17.8. The molecule has 5 nitrogen and oxygen atoms in total. The molecule has 28 heavy (non-hydrogen) atoms. The van der Waals surface area contributed by atoms with Gasteiger partial charge in [-0.3, -0.25) is 9.59 Å². The Bertz CT molecular complexity index is 442. The molecule has 1 atom stereocenters. The van der Waals surface area contributed by atoms with Crippen molar-refractivity contribution in [3.05, 3.63) is 24.3 Å². The summed E-state index contributed by atoms with van der Waals surface area (Å²) >= 11 is 0. The van der Waals surface area contributed by atoms with E-state index in [0.29, 0.717) is 6.42 Å². The van der Waals surface area contributed by atoms with Crippen molar-refractivity contribution in [3.63, 3.8) is 0 Å². The summed E-state index contributed by atoms with van der Waals surface area (Å²) in [6.45, 7) is 3.47. The summed E-state index contributed by atoms with van der Waals surface area (Å²) < 4.78 is 10.0. The van der Waals surface area contributed by atoms with E-state index in [1.165, 1.54) is 25.7 Å². The number of aliphatic hydroxyl groups excluding tert-OH is 1. The second kappa shape index (κ2) is 20.1. The van der Waals surface area contributed by atoms with Gasteiger partial charge in [-0.15, -0.1) is 0 Å². The van der Waals surface area contributed by atoms with Gasteiger partial charge in [0.2, 0.25) is 0 Å². The summed E-state index contributed by atoms with van der Waals surface area (Å²) in [5, 5.41) is 9.18. The number of allylic oxidation sites excluding steroid dienone is 4. The molecule has 1 unspecified atom stereocenters. The monoisotopic (exact) mass is 396 g/mol. The first-order valence-electron chi connectivity index (χ1n) is 10.9. The highest BCUT2D eigenvalue weighted by molar-refractivity contribution is 5.70. The Hall–Kier alpha value is -1.62. The first-order valence-corrected chi connectivity index (χ1v) is 10.9. The van der Waals surface area contributed by atoms with Crippen LogP contribution in [-0.2, 0) is 19.1 Å². The van der Waals surface area contributed by atoms with Crippen molar-refractivity contribution in [1.29, 1.82) is 0 Å². The maximum Gasteiger partial charge on any atom is 0.306 e. The fourth-order valence-electron chi connectivity index (χ4n) is 2.55. The molecule has 1 N–H and O–H groups in total. The summed E-state index contributed by atoms with van der Waals surface area (Å²) in [7, 11) is 0. The van der Waals surface area contributed by atoms with Crippen LogP contribution < -0.4 is 0 Å². The third-order valence-corrected chi connectivity index (χ3v) is 4.30. The Labute approximate surface area is 171 Å². The molecule has 0 aliphatic heterocycles. The minimum Gasteiger partial charge on any atom is -0.462 e. The maximum absolute atomic E-state index is 11.8. The first kappa shape index (κ1) is 26.4. The molecule has 0 aromatic carbocycles. The van der Waals surface area contributed by atoms with Crippen LogP contribution in [-0.4, -0.2) is 36.4 Å². The molecule has 0 spiro atoms. The van der Waals surface area contributed by atoms with Crippen LogP contribution in [0, 0.1) is 0 Å². The van der Waals surface area contributed by atoms with Gasteiger partial charge >= 0.3 is 11.9 Å². The Kier molecular flexibility index (Phi) is 19.0. The molecule has 0 aliphatic carbocycles. The van der Waals surface area contributed by atoms with Crippen LogP contribution in [0.15, 0.2) is 24.3 Å². The van der Waals surface area contributed by atoms with Crippen LogP contribution in [0.3, 0.4) is 0 Å². The average Bonchev–Trinajstić information content (AvgIpc) is 2.70. The van der Waals surface area contributed by atoms with Crippen molar-refractivity contribution in [2.75, 3.05) is 13.2 Å². The van der Waals surface area contributed by atoms with E-state index in [0.717, 1.165) is 38.5 Å². The van der Waals surface area contributed by atoms with Crippen LogP contribution in [0.25, 0.3) is 0 Å². The normalized spacial score (nSPS) is 12.5. The zero-order valence-corrected chi connectivity index (χ0v) is 17.9. The SMILES string of the molecule is CCCC/C=C\C/C=C\CCCCCCCC(=O)OC(CO)COC(=O)CC. The fraction of sp³-hybridized carbons (Fsp3) is 0.739. The molecule has 0 bridgehead atoms. The van der Waals surface area contributed by atoms with E-state index < -0.39 is 6.10 Å². The molecule has 0 aliphatic rings. The fourth-order valence-corrected chi connectivity index (χ4v) is 2.55. The van der Waals surface area contributed by atoms with Crippen LogP contribution >= 0.6 is 0 Å². The van der Waals surface area contributed by atoms with Gasteiger partial charge in [0.05, 0.1) is 6.61 Å². The topological polar surface area (TPSA) is 72.8 Å². The number of aliphatic hydroxyl groups is 1. The van der Waals surface area contributed by atoms with Gasteiger partial charge in [-0.2, -0.15) is 0 Å². The summed E-state index contributed by atoms with van der Waals surface area (Å²) in [6.07, 6.45) is 19.9. The van der Waals surface area contributed by atoms with Crippen LogP contribution in [0.2, 0.25) is 0 Å². The lowest BCUT2D eigenvalue weighted by atomic mass is 10.1. The van der Waals surface area contributed by atoms with Gasteiger partial charge in [-0.1, -0.05) is 70.3 Å². The van der Waals surface area contributed by atoms with Crippen LogP contribution in [0.1, 0.15) is 90.9 Å². The van der Waals surface area contributed by atoms with Crippen molar-refractivity contribution in [2.24, 2.45) is 0 Å². The Morgan fingerprint density at radius 2 is 1.50 bits per heavy atom. The van der Waals surface area contributed by atoms with Gasteiger partial charge in [-0.25, -0.2) is 0 Å². The number of hydrogen-bond acceptors (Lipinski definition) is 5. The number of esters is 2. The quantitative estimate of drug-likeness (QED) is 0.194. The van der Waals surface area contributed by atoms with Crippen molar-refractivity contribution < 1.29 is 24.2 Å². The molecule has 162 valence electrons. The van der Waals surface area contributed by atoms with Gasteiger partial charge in [0.25, 0.3) is 0 Å². The minimum atomic E-state index is -0.767. The van der Waals surface area contributed by atoms with E-state index in [4.69, 9.17) is 9.47 Å². The van der Waals surface area contributed by atoms with Crippen LogP contribution in [0.4, 0.5) is 0 Å². The van der Waals surface area contributed by atoms with Gasteiger partial charge in [0.1, 0.15) is 6.61 Å². The lowest BCUT2D eigenvalue weighted by molar-refractivity contribution is -0.161. The third-order valence-electron chi connectivity index (χ3n) is 4.30. The second-order valence-electron chi connectivity index (χ2n) is 6.96. The number of carbonyl (C=O) groups is 2. The van der Waals surface area contributed by atoms with E-state index in [2.05, 4.69) is 31.2 Å². The zero-order valence-electron chi connectivity index (χ0n) is 17.9. The number of ether oxygens (including phenoxy) is 2. The average molecular weight is 397 g/mol. The Balaban J connectivity index is 3.55. The molecular weight excluding hydrogens is 356 g/mol. The number of carbonyl (C=O) groups excluding carboxylic acids is 2. The smallest absolute Gasteiger partial charge is 0.306 e. The van der Waals surface area contributed by atoms with Crippen molar-refractivity contribution >= 4 is 11.9 Å². The second-order valence-corrected chi connectivity index (χ2v) is 6.96. The van der Waals surface area contributed by atoms with E-state index in [1.54, 1.807) is 6.92 Å². The highest BCUT2D eigenvalue weighted by Gasteiger charge is 2.15. The molecule has 0 radical (unpaired) electrons. The van der Waals surface area contributed by atoms with Gasteiger partial charge in [0.15, 0.2) is 6.10 Å². The van der Waals surface area contributed by atoms with Crippen molar-refractivity contribution in [3.8, 4) is 0 Å². The summed E-state index contributed by atoms with van der Waals surface area (Å²) in [5.41, 5.74) is 0. The molecule has 0 heterocycles.